The van der Waals surface area contributed by atoms with Crippen LogP contribution >= 0.6 is 0 Å². The van der Waals surface area contributed by atoms with Gasteiger partial charge in [0.2, 0.25) is 0 Å². The van der Waals surface area contributed by atoms with Crippen molar-refractivity contribution in [3.05, 3.63) is 35.9 Å². The van der Waals surface area contributed by atoms with Gasteiger partial charge < -0.3 is 9.47 Å². The van der Waals surface area contributed by atoms with E-state index < -0.39 is 5.79 Å². The Hall–Kier alpha value is -1.30. The van der Waals surface area contributed by atoms with Gasteiger partial charge in [0.25, 0.3) is 0 Å². The largest absolute Gasteiger partial charge is 0.343 e. The van der Waals surface area contributed by atoms with Gasteiger partial charge in [0, 0.05) is 18.4 Å². The molecule has 126 valence electrons. The Balaban J connectivity index is 1.60. The zero-order chi connectivity index (χ0) is 16.2. The van der Waals surface area contributed by atoms with Crippen LogP contribution in [0.5, 0.6) is 0 Å². The highest BCUT2D eigenvalue weighted by Crippen LogP contribution is 2.36. The highest BCUT2D eigenvalue weighted by atomic mass is 16.7. The molecule has 0 aliphatic carbocycles. The first-order chi connectivity index (χ1) is 11.4. The average Bonchev–Trinajstić information content (AvgIpc) is 3.07. The molecule has 1 heterocycles. The summed E-state index contributed by atoms with van der Waals surface area (Å²) in [5.41, 5.74) is 1.16. The third kappa shape index (κ3) is 6.01. The normalized spacial score (nSPS) is 16.3. The second kappa shape index (κ2) is 10.5. The predicted molar refractivity (Wildman–Crippen MR) is 95.0 cm³/mol. The van der Waals surface area contributed by atoms with Gasteiger partial charge in [0.05, 0.1) is 13.2 Å². The van der Waals surface area contributed by atoms with Crippen LogP contribution in [-0.4, -0.2) is 13.2 Å². The van der Waals surface area contributed by atoms with E-state index in [-0.39, 0.29) is 0 Å². The van der Waals surface area contributed by atoms with Crippen molar-refractivity contribution in [2.45, 2.75) is 70.0 Å². The smallest absolute Gasteiger partial charge is 0.194 e. The number of hydrogen-bond donors (Lipinski definition) is 0. The van der Waals surface area contributed by atoms with Gasteiger partial charge in [-0.3, -0.25) is 0 Å². The van der Waals surface area contributed by atoms with E-state index >= 15 is 0 Å². The summed E-state index contributed by atoms with van der Waals surface area (Å²) in [5.74, 6) is 2.22. The van der Waals surface area contributed by atoms with Crippen molar-refractivity contribution in [2.24, 2.45) is 0 Å². The van der Waals surface area contributed by atoms with Crippen molar-refractivity contribution < 1.29 is 9.47 Å². The van der Waals surface area contributed by atoms with Crippen LogP contribution in [0, 0.1) is 12.3 Å². The fourth-order valence-corrected chi connectivity index (χ4v) is 3.25. The highest BCUT2D eigenvalue weighted by Gasteiger charge is 2.37. The molecule has 0 unspecified atom stereocenters. The number of terminal acetylenes is 1. The molecule has 1 saturated heterocycles. The zero-order valence-electron chi connectivity index (χ0n) is 14.3. The Bertz CT molecular complexity index is 454. The molecule has 1 aromatic rings. The Labute approximate surface area is 141 Å². The van der Waals surface area contributed by atoms with Crippen LogP contribution in [0.25, 0.3) is 0 Å². The summed E-state index contributed by atoms with van der Waals surface area (Å²) in [6.45, 7) is 1.40. The average molecular weight is 314 g/mol. The Morgan fingerprint density at radius 3 is 2.00 bits per heavy atom. The summed E-state index contributed by atoms with van der Waals surface area (Å²) in [6, 6.07) is 10.4. The van der Waals surface area contributed by atoms with E-state index in [1.807, 2.05) is 6.07 Å². The topological polar surface area (TPSA) is 18.5 Å². The summed E-state index contributed by atoms with van der Waals surface area (Å²) in [7, 11) is 0. The molecular formula is C21H30O2. The number of benzene rings is 1. The van der Waals surface area contributed by atoms with Crippen LogP contribution in [0.2, 0.25) is 0 Å². The Morgan fingerprint density at radius 1 is 0.826 bits per heavy atom. The van der Waals surface area contributed by atoms with E-state index in [0.717, 1.165) is 24.8 Å². The van der Waals surface area contributed by atoms with Gasteiger partial charge in [-0.1, -0.05) is 68.9 Å². The maximum absolute atomic E-state index is 5.97. The predicted octanol–water partition coefficient (Wildman–Crippen LogP) is 5.42. The molecular weight excluding hydrogens is 284 g/mol. The highest BCUT2D eigenvalue weighted by molar-refractivity contribution is 5.20. The van der Waals surface area contributed by atoms with Gasteiger partial charge in [-0.25, -0.2) is 0 Å². The summed E-state index contributed by atoms with van der Waals surface area (Å²) < 4.78 is 11.9. The van der Waals surface area contributed by atoms with Crippen LogP contribution in [0.4, 0.5) is 0 Å². The zero-order valence-corrected chi connectivity index (χ0v) is 14.3. The van der Waals surface area contributed by atoms with Crippen molar-refractivity contribution in [1.29, 1.82) is 0 Å². The van der Waals surface area contributed by atoms with Crippen molar-refractivity contribution in [3.8, 4) is 12.3 Å². The molecule has 0 atom stereocenters. The Kier molecular flexibility index (Phi) is 8.21. The van der Waals surface area contributed by atoms with E-state index in [0.29, 0.717) is 13.2 Å². The molecule has 0 amide bonds. The van der Waals surface area contributed by atoms with Crippen LogP contribution in [0.1, 0.15) is 69.8 Å². The molecule has 1 fully saturated rings. The fourth-order valence-electron chi connectivity index (χ4n) is 3.25. The molecule has 2 nitrogen and oxygen atoms in total. The van der Waals surface area contributed by atoms with Crippen LogP contribution in [0.15, 0.2) is 30.3 Å². The maximum atomic E-state index is 5.97. The maximum Gasteiger partial charge on any atom is 0.194 e. The van der Waals surface area contributed by atoms with E-state index in [1.165, 1.54) is 44.9 Å². The van der Waals surface area contributed by atoms with Crippen molar-refractivity contribution in [1.82, 2.24) is 0 Å². The molecule has 0 saturated carbocycles. The van der Waals surface area contributed by atoms with E-state index in [2.05, 4.69) is 30.2 Å². The quantitative estimate of drug-likeness (QED) is 0.401. The number of ether oxygens (including phenoxy) is 2. The second-order valence-corrected chi connectivity index (χ2v) is 6.35. The summed E-state index contributed by atoms with van der Waals surface area (Å²) >= 11 is 0. The van der Waals surface area contributed by atoms with Crippen molar-refractivity contribution in [3.63, 3.8) is 0 Å². The lowest BCUT2D eigenvalue weighted by atomic mass is 9.98. The molecule has 0 spiro atoms. The molecule has 2 rings (SSSR count). The minimum absolute atomic E-state index is 0.490. The number of unbranched alkanes of at least 4 members (excludes halogenated alkanes) is 8. The first kappa shape index (κ1) is 18.0. The summed E-state index contributed by atoms with van der Waals surface area (Å²) in [5, 5.41) is 0. The third-order valence-corrected chi connectivity index (χ3v) is 4.54. The monoisotopic (exact) mass is 314 g/mol. The van der Waals surface area contributed by atoms with Crippen molar-refractivity contribution >= 4 is 0 Å². The van der Waals surface area contributed by atoms with Crippen LogP contribution in [-0.2, 0) is 15.3 Å². The fraction of sp³-hybridized carbons (Fsp3) is 0.619. The lowest BCUT2D eigenvalue weighted by molar-refractivity contribution is -0.171. The van der Waals surface area contributed by atoms with Gasteiger partial charge in [0.1, 0.15) is 0 Å². The SMILES string of the molecule is C#CCCCCCCCCCCC1(c2ccccc2)OCCO1. The summed E-state index contributed by atoms with van der Waals surface area (Å²) in [4.78, 5) is 0. The Morgan fingerprint density at radius 2 is 1.39 bits per heavy atom. The standard InChI is InChI=1S/C21H30O2/c1-2-3-4-5-6-7-8-9-10-14-17-21(22-18-19-23-21)20-15-12-11-13-16-20/h1,11-13,15-16H,3-10,14,17-19H2. The second-order valence-electron chi connectivity index (χ2n) is 6.35. The molecule has 0 bridgehead atoms. The molecule has 23 heavy (non-hydrogen) atoms. The number of rotatable bonds is 11. The molecule has 1 aliphatic rings. The lowest BCUT2D eigenvalue weighted by Crippen LogP contribution is -2.27. The minimum Gasteiger partial charge on any atom is -0.343 e. The molecule has 2 heteroatoms. The third-order valence-electron chi connectivity index (χ3n) is 4.54. The molecule has 0 radical (unpaired) electrons. The summed E-state index contributed by atoms with van der Waals surface area (Å²) in [6.07, 6.45) is 17.3. The van der Waals surface area contributed by atoms with Gasteiger partial charge >= 0.3 is 0 Å². The van der Waals surface area contributed by atoms with Gasteiger partial charge in [-0.2, -0.15) is 0 Å². The molecule has 0 aromatic heterocycles. The van der Waals surface area contributed by atoms with Crippen molar-refractivity contribution in [2.75, 3.05) is 13.2 Å². The van der Waals surface area contributed by atoms with E-state index in [1.54, 1.807) is 0 Å². The number of hydrogen-bond acceptors (Lipinski definition) is 2. The van der Waals surface area contributed by atoms with Gasteiger partial charge in [-0.15, -0.1) is 12.3 Å². The molecule has 1 aromatic carbocycles. The first-order valence-electron chi connectivity index (χ1n) is 9.14. The van der Waals surface area contributed by atoms with Crippen LogP contribution in [0.3, 0.4) is 0 Å². The van der Waals surface area contributed by atoms with E-state index in [9.17, 15) is 0 Å². The lowest BCUT2D eigenvalue weighted by Gasteiger charge is -2.28. The first-order valence-corrected chi connectivity index (χ1v) is 9.14. The van der Waals surface area contributed by atoms with E-state index in [4.69, 9.17) is 15.9 Å². The molecule has 1 aliphatic heterocycles. The van der Waals surface area contributed by atoms with Crippen LogP contribution < -0.4 is 0 Å². The molecule has 0 N–H and O–H groups in total. The van der Waals surface area contributed by atoms with Gasteiger partial charge in [0.15, 0.2) is 5.79 Å². The van der Waals surface area contributed by atoms with Gasteiger partial charge in [-0.05, 0) is 12.8 Å². The minimum atomic E-state index is -0.490.